The standard InChI is InChI=1S/C15H21N3/c1-17-9-11-18(12-10-17)13-15-6-4-14(5-7-15)3-2-8-16/h4-7H,8-13,16H2,1H3. The summed E-state index contributed by atoms with van der Waals surface area (Å²) in [6, 6.07) is 8.49. The number of benzene rings is 1. The van der Waals surface area contributed by atoms with Crippen LogP contribution < -0.4 is 5.73 Å². The fourth-order valence-electron chi connectivity index (χ4n) is 2.11. The van der Waals surface area contributed by atoms with E-state index in [9.17, 15) is 0 Å². The van der Waals surface area contributed by atoms with Crippen molar-refractivity contribution in [2.45, 2.75) is 6.54 Å². The number of nitrogens with zero attached hydrogens (tertiary/aromatic N) is 2. The molecule has 2 rings (SSSR count). The fraction of sp³-hybridized carbons (Fsp3) is 0.467. The third kappa shape index (κ3) is 3.85. The van der Waals surface area contributed by atoms with Crippen LogP contribution in [0.4, 0.5) is 0 Å². The Bertz CT molecular complexity index is 419. The van der Waals surface area contributed by atoms with E-state index in [-0.39, 0.29) is 0 Å². The summed E-state index contributed by atoms with van der Waals surface area (Å²) in [5.41, 5.74) is 7.76. The molecule has 0 spiro atoms. The van der Waals surface area contributed by atoms with Gasteiger partial charge in [0, 0.05) is 38.3 Å². The van der Waals surface area contributed by atoms with E-state index in [1.807, 2.05) is 0 Å². The number of rotatable bonds is 2. The highest BCUT2D eigenvalue weighted by atomic mass is 15.2. The molecule has 1 aromatic rings. The maximum atomic E-state index is 5.36. The van der Waals surface area contributed by atoms with Crippen molar-refractivity contribution in [3.63, 3.8) is 0 Å². The Morgan fingerprint density at radius 3 is 2.39 bits per heavy atom. The zero-order valence-electron chi connectivity index (χ0n) is 11.0. The Labute approximate surface area is 110 Å². The van der Waals surface area contributed by atoms with Gasteiger partial charge < -0.3 is 10.6 Å². The average Bonchev–Trinajstić information content (AvgIpc) is 2.41. The second-order valence-electron chi connectivity index (χ2n) is 4.78. The first-order valence-electron chi connectivity index (χ1n) is 6.47. The lowest BCUT2D eigenvalue weighted by atomic mass is 10.1. The quantitative estimate of drug-likeness (QED) is 0.778. The van der Waals surface area contributed by atoms with Gasteiger partial charge in [0.25, 0.3) is 0 Å². The van der Waals surface area contributed by atoms with Gasteiger partial charge in [0.05, 0.1) is 6.54 Å². The smallest absolute Gasteiger partial charge is 0.0555 e. The summed E-state index contributed by atoms with van der Waals surface area (Å²) in [6.45, 7) is 6.11. The van der Waals surface area contributed by atoms with Crippen LogP contribution in [0.1, 0.15) is 11.1 Å². The lowest BCUT2D eigenvalue weighted by Gasteiger charge is -2.32. The predicted molar refractivity (Wildman–Crippen MR) is 75.1 cm³/mol. The molecule has 0 bridgehead atoms. The van der Waals surface area contributed by atoms with Crippen LogP contribution in [0, 0.1) is 11.8 Å². The van der Waals surface area contributed by atoms with Gasteiger partial charge in [0.15, 0.2) is 0 Å². The van der Waals surface area contributed by atoms with Gasteiger partial charge in [-0.1, -0.05) is 24.0 Å². The summed E-state index contributed by atoms with van der Waals surface area (Å²) in [4.78, 5) is 4.88. The highest BCUT2D eigenvalue weighted by molar-refractivity contribution is 5.36. The molecule has 1 aromatic carbocycles. The maximum Gasteiger partial charge on any atom is 0.0555 e. The van der Waals surface area contributed by atoms with E-state index in [0.717, 1.165) is 25.2 Å². The fourth-order valence-corrected chi connectivity index (χ4v) is 2.11. The molecule has 3 nitrogen and oxygen atoms in total. The second kappa shape index (κ2) is 6.55. The van der Waals surface area contributed by atoms with E-state index in [1.54, 1.807) is 0 Å². The van der Waals surface area contributed by atoms with Crippen LogP contribution in [0.5, 0.6) is 0 Å². The van der Waals surface area contributed by atoms with Crippen molar-refractivity contribution in [2.75, 3.05) is 39.8 Å². The molecule has 0 saturated carbocycles. The molecule has 1 aliphatic rings. The van der Waals surface area contributed by atoms with Crippen LogP contribution >= 0.6 is 0 Å². The Morgan fingerprint density at radius 2 is 1.78 bits per heavy atom. The van der Waals surface area contributed by atoms with Gasteiger partial charge in [-0.15, -0.1) is 0 Å². The molecule has 0 atom stereocenters. The monoisotopic (exact) mass is 243 g/mol. The number of piperazine rings is 1. The Kier molecular flexibility index (Phi) is 4.77. The van der Waals surface area contributed by atoms with Crippen molar-refractivity contribution in [2.24, 2.45) is 5.73 Å². The molecular formula is C15H21N3. The molecule has 1 aliphatic heterocycles. The van der Waals surface area contributed by atoms with Gasteiger partial charge in [-0.05, 0) is 24.7 Å². The average molecular weight is 243 g/mol. The molecule has 0 unspecified atom stereocenters. The largest absolute Gasteiger partial charge is 0.320 e. The van der Waals surface area contributed by atoms with Crippen LogP contribution in [0.2, 0.25) is 0 Å². The first-order valence-corrected chi connectivity index (χ1v) is 6.47. The molecule has 0 aromatic heterocycles. The first-order chi connectivity index (χ1) is 8.78. The first kappa shape index (κ1) is 13.1. The van der Waals surface area contributed by atoms with Gasteiger partial charge in [-0.3, -0.25) is 4.90 Å². The van der Waals surface area contributed by atoms with Gasteiger partial charge in [-0.25, -0.2) is 0 Å². The second-order valence-corrected chi connectivity index (χ2v) is 4.78. The summed E-state index contributed by atoms with van der Waals surface area (Å²) in [7, 11) is 2.18. The van der Waals surface area contributed by atoms with Gasteiger partial charge in [0.1, 0.15) is 0 Å². The van der Waals surface area contributed by atoms with E-state index in [2.05, 4.69) is 53.0 Å². The van der Waals surface area contributed by atoms with Crippen LogP contribution in [0.3, 0.4) is 0 Å². The highest BCUT2D eigenvalue weighted by Crippen LogP contribution is 2.09. The molecule has 3 heteroatoms. The summed E-state index contributed by atoms with van der Waals surface area (Å²) < 4.78 is 0. The SMILES string of the molecule is CN1CCN(Cc2ccc(C#CCN)cc2)CC1. The minimum atomic E-state index is 0.420. The van der Waals surface area contributed by atoms with Crippen molar-refractivity contribution in [3.05, 3.63) is 35.4 Å². The van der Waals surface area contributed by atoms with E-state index >= 15 is 0 Å². The highest BCUT2D eigenvalue weighted by Gasteiger charge is 2.13. The molecule has 2 N–H and O–H groups in total. The lowest BCUT2D eigenvalue weighted by molar-refractivity contribution is 0.148. The van der Waals surface area contributed by atoms with E-state index in [1.165, 1.54) is 18.7 Å². The Morgan fingerprint density at radius 1 is 1.11 bits per heavy atom. The van der Waals surface area contributed by atoms with Gasteiger partial charge in [0.2, 0.25) is 0 Å². The molecule has 1 fully saturated rings. The topological polar surface area (TPSA) is 32.5 Å². The van der Waals surface area contributed by atoms with Crippen LogP contribution in [-0.2, 0) is 6.54 Å². The van der Waals surface area contributed by atoms with Crippen molar-refractivity contribution in [3.8, 4) is 11.8 Å². The molecule has 1 heterocycles. The number of hydrogen-bond acceptors (Lipinski definition) is 3. The minimum Gasteiger partial charge on any atom is -0.320 e. The molecule has 96 valence electrons. The minimum absolute atomic E-state index is 0.420. The van der Waals surface area contributed by atoms with Crippen molar-refractivity contribution in [1.82, 2.24) is 9.80 Å². The Balaban J connectivity index is 1.90. The maximum absolute atomic E-state index is 5.36. The van der Waals surface area contributed by atoms with Crippen molar-refractivity contribution < 1.29 is 0 Å². The van der Waals surface area contributed by atoms with Crippen LogP contribution in [-0.4, -0.2) is 49.6 Å². The Hall–Kier alpha value is -1.34. The molecule has 18 heavy (non-hydrogen) atoms. The normalized spacial score (nSPS) is 17.2. The van der Waals surface area contributed by atoms with Crippen LogP contribution in [0.25, 0.3) is 0 Å². The third-order valence-corrected chi connectivity index (χ3v) is 3.29. The predicted octanol–water partition coefficient (Wildman–Crippen LogP) is 0.744. The van der Waals surface area contributed by atoms with E-state index < -0.39 is 0 Å². The van der Waals surface area contributed by atoms with Gasteiger partial charge in [-0.2, -0.15) is 0 Å². The van der Waals surface area contributed by atoms with Crippen molar-refractivity contribution in [1.29, 1.82) is 0 Å². The number of hydrogen-bond donors (Lipinski definition) is 1. The lowest BCUT2D eigenvalue weighted by Crippen LogP contribution is -2.43. The summed E-state index contributed by atoms with van der Waals surface area (Å²) >= 11 is 0. The molecular weight excluding hydrogens is 222 g/mol. The molecule has 1 saturated heterocycles. The zero-order chi connectivity index (χ0) is 12.8. The summed E-state index contributed by atoms with van der Waals surface area (Å²) in [6.07, 6.45) is 0. The molecule has 0 radical (unpaired) electrons. The zero-order valence-corrected chi connectivity index (χ0v) is 11.0. The molecule has 0 aliphatic carbocycles. The van der Waals surface area contributed by atoms with Crippen LogP contribution in [0.15, 0.2) is 24.3 Å². The van der Waals surface area contributed by atoms with E-state index in [0.29, 0.717) is 6.54 Å². The summed E-state index contributed by atoms with van der Waals surface area (Å²) in [5, 5.41) is 0. The summed E-state index contributed by atoms with van der Waals surface area (Å²) in [5.74, 6) is 5.92. The number of nitrogens with two attached hydrogens (primary N) is 1. The molecule has 0 amide bonds. The van der Waals surface area contributed by atoms with E-state index in [4.69, 9.17) is 5.73 Å². The van der Waals surface area contributed by atoms with Crippen molar-refractivity contribution >= 4 is 0 Å². The third-order valence-electron chi connectivity index (χ3n) is 3.29. The number of likely N-dealkylation sites (N-methyl/N-ethyl adjacent to an activating group) is 1. The van der Waals surface area contributed by atoms with Gasteiger partial charge >= 0.3 is 0 Å².